The van der Waals surface area contributed by atoms with Gasteiger partial charge in [0, 0.05) is 51.0 Å². The van der Waals surface area contributed by atoms with Crippen molar-refractivity contribution in [2.45, 2.75) is 38.8 Å². The number of anilines is 1. The van der Waals surface area contributed by atoms with Crippen molar-refractivity contribution in [2.75, 3.05) is 39.2 Å². The Morgan fingerprint density at radius 1 is 1.14 bits per heavy atom. The second-order valence-corrected chi connectivity index (χ2v) is 9.74. The second kappa shape index (κ2) is 11.1. The van der Waals surface area contributed by atoms with Crippen LogP contribution >= 0.6 is 0 Å². The van der Waals surface area contributed by atoms with Gasteiger partial charge in [-0.3, -0.25) is 19.4 Å². The van der Waals surface area contributed by atoms with E-state index in [0.29, 0.717) is 35.8 Å². The van der Waals surface area contributed by atoms with E-state index in [9.17, 15) is 14.4 Å². The number of hydrogen-bond donors (Lipinski definition) is 1. The monoisotopic (exact) mass is 494 g/mol. The molecule has 1 aliphatic heterocycles. The fraction of sp³-hybridized carbons (Fsp3) is 0.481. The van der Waals surface area contributed by atoms with Crippen LogP contribution in [0.4, 0.5) is 5.69 Å². The van der Waals surface area contributed by atoms with Gasteiger partial charge in [-0.05, 0) is 50.1 Å². The third-order valence-electron chi connectivity index (χ3n) is 6.81. The Bertz CT molecular complexity index is 1100. The molecule has 36 heavy (non-hydrogen) atoms. The number of fused-ring (bicyclic) bond motifs is 1. The quantitative estimate of drug-likeness (QED) is 0.701. The van der Waals surface area contributed by atoms with Gasteiger partial charge in [0.05, 0.1) is 17.7 Å². The van der Waals surface area contributed by atoms with Crippen LogP contribution in [0.15, 0.2) is 42.6 Å². The largest absolute Gasteiger partial charge is 0.491 e. The molecule has 0 spiro atoms. The lowest BCUT2D eigenvalue weighted by Crippen LogP contribution is -2.48. The van der Waals surface area contributed by atoms with Crippen molar-refractivity contribution in [1.82, 2.24) is 14.8 Å². The molecule has 0 saturated heterocycles. The fourth-order valence-corrected chi connectivity index (χ4v) is 4.36. The smallest absolute Gasteiger partial charge is 0.272 e. The number of methoxy groups -OCH3 is 1. The third-order valence-corrected chi connectivity index (χ3v) is 6.81. The molecule has 4 rings (SSSR count). The van der Waals surface area contributed by atoms with E-state index in [1.807, 2.05) is 13.8 Å². The Morgan fingerprint density at radius 3 is 2.58 bits per heavy atom. The summed E-state index contributed by atoms with van der Waals surface area (Å²) < 4.78 is 11.9. The molecule has 1 fully saturated rings. The minimum Gasteiger partial charge on any atom is -0.491 e. The number of pyridine rings is 1. The van der Waals surface area contributed by atoms with Crippen molar-refractivity contribution in [1.29, 1.82) is 0 Å². The first-order valence-corrected chi connectivity index (χ1v) is 12.4. The zero-order valence-electron chi connectivity index (χ0n) is 21.3. The van der Waals surface area contributed by atoms with E-state index in [1.54, 1.807) is 66.6 Å². The Hall–Kier alpha value is -3.46. The lowest BCUT2D eigenvalue weighted by atomic mass is 10.0. The topological polar surface area (TPSA) is 101 Å². The normalized spacial score (nSPS) is 23.1. The molecule has 3 amide bonds. The summed E-state index contributed by atoms with van der Waals surface area (Å²) >= 11 is 0. The summed E-state index contributed by atoms with van der Waals surface area (Å²) in [7, 11) is 3.33. The molecule has 1 aromatic carbocycles. The molecule has 3 atom stereocenters. The van der Waals surface area contributed by atoms with Crippen LogP contribution < -0.4 is 10.1 Å². The molecule has 2 aliphatic rings. The average Bonchev–Trinajstić information content (AvgIpc) is 3.74. The average molecular weight is 495 g/mol. The van der Waals surface area contributed by atoms with Crippen molar-refractivity contribution in [3.63, 3.8) is 0 Å². The summed E-state index contributed by atoms with van der Waals surface area (Å²) in [5, 5.41) is 2.90. The standard InChI is InChI=1S/C27H34N4O5/c1-17-14-31(27(34)22-7-5-6-12-28-22)18(2)16-36-23-11-10-20(29-25(32)19-8-9-19)13-21(23)26(33)30(3)15-24(17)35-4/h5-7,10-13,17-19,24H,8-9,14-16H2,1-4H3,(H,29,32)/t17-,18-,24-/m0/s1. The minimum absolute atomic E-state index is 0.0320. The molecular weight excluding hydrogens is 460 g/mol. The predicted octanol–water partition coefficient (Wildman–Crippen LogP) is 3.08. The highest BCUT2D eigenvalue weighted by atomic mass is 16.5. The number of nitrogens with one attached hydrogen (secondary N) is 1. The number of likely N-dealkylation sites (N-methyl/N-ethyl adjacent to an activating group) is 1. The molecule has 1 aromatic heterocycles. The van der Waals surface area contributed by atoms with Crippen LogP contribution in [0.2, 0.25) is 0 Å². The number of benzene rings is 1. The van der Waals surface area contributed by atoms with E-state index in [1.165, 1.54) is 0 Å². The van der Waals surface area contributed by atoms with Crippen molar-refractivity contribution in [3.8, 4) is 5.75 Å². The molecule has 1 N–H and O–H groups in total. The van der Waals surface area contributed by atoms with Gasteiger partial charge in [-0.15, -0.1) is 0 Å². The second-order valence-electron chi connectivity index (χ2n) is 9.74. The van der Waals surface area contributed by atoms with Gasteiger partial charge in [-0.25, -0.2) is 0 Å². The fourth-order valence-electron chi connectivity index (χ4n) is 4.36. The number of hydrogen-bond acceptors (Lipinski definition) is 6. The summed E-state index contributed by atoms with van der Waals surface area (Å²) in [5.41, 5.74) is 1.27. The van der Waals surface area contributed by atoms with Gasteiger partial charge in [-0.2, -0.15) is 0 Å². The lowest BCUT2D eigenvalue weighted by Gasteiger charge is -2.36. The minimum atomic E-state index is -0.299. The summed E-state index contributed by atoms with van der Waals surface area (Å²) in [6.07, 6.45) is 3.09. The van der Waals surface area contributed by atoms with Gasteiger partial charge in [0.25, 0.3) is 11.8 Å². The lowest BCUT2D eigenvalue weighted by molar-refractivity contribution is -0.117. The van der Waals surface area contributed by atoms with E-state index in [2.05, 4.69) is 10.3 Å². The van der Waals surface area contributed by atoms with Crippen LogP contribution in [-0.4, -0.2) is 78.5 Å². The molecule has 1 saturated carbocycles. The summed E-state index contributed by atoms with van der Waals surface area (Å²) in [6, 6.07) is 10.1. The van der Waals surface area contributed by atoms with Crippen LogP contribution in [0.5, 0.6) is 5.75 Å². The number of ether oxygens (including phenoxy) is 2. The highest BCUT2D eigenvalue weighted by Gasteiger charge is 2.32. The van der Waals surface area contributed by atoms with Crippen molar-refractivity contribution >= 4 is 23.4 Å². The maximum absolute atomic E-state index is 13.4. The highest BCUT2D eigenvalue weighted by molar-refractivity contribution is 6.00. The van der Waals surface area contributed by atoms with E-state index in [4.69, 9.17) is 9.47 Å². The zero-order chi connectivity index (χ0) is 25.8. The van der Waals surface area contributed by atoms with Crippen LogP contribution in [0.3, 0.4) is 0 Å². The van der Waals surface area contributed by atoms with Crippen LogP contribution in [-0.2, 0) is 9.53 Å². The number of rotatable bonds is 4. The van der Waals surface area contributed by atoms with Crippen molar-refractivity contribution in [2.24, 2.45) is 11.8 Å². The van der Waals surface area contributed by atoms with Crippen LogP contribution in [0.1, 0.15) is 47.5 Å². The molecule has 0 unspecified atom stereocenters. The third kappa shape index (κ3) is 5.84. The molecule has 9 heteroatoms. The molecule has 192 valence electrons. The van der Waals surface area contributed by atoms with E-state index in [-0.39, 0.29) is 48.3 Å². The number of carbonyl (C=O) groups is 3. The van der Waals surface area contributed by atoms with Crippen molar-refractivity contribution < 1.29 is 23.9 Å². The SMILES string of the molecule is CO[C@H]1CN(C)C(=O)c2cc(NC(=O)C3CC3)ccc2OC[C@H](C)N(C(=O)c2ccccn2)C[C@@H]1C. The number of amides is 3. The van der Waals surface area contributed by atoms with Crippen LogP contribution in [0, 0.1) is 11.8 Å². The Balaban J connectivity index is 1.65. The molecule has 2 aromatic rings. The summed E-state index contributed by atoms with van der Waals surface area (Å²) in [6.45, 7) is 4.84. The first kappa shape index (κ1) is 25.6. The zero-order valence-corrected chi connectivity index (χ0v) is 21.3. The molecule has 0 bridgehead atoms. The first-order valence-electron chi connectivity index (χ1n) is 12.4. The van der Waals surface area contributed by atoms with Crippen molar-refractivity contribution in [3.05, 3.63) is 53.9 Å². The maximum Gasteiger partial charge on any atom is 0.272 e. The van der Waals surface area contributed by atoms with Gasteiger partial charge in [0.15, 0.2) is 0 Å². The van der Waals surface area contributed by atoms with Gasteiger partial charge < -0.3 is 24.6 Å². The number of aromatic nitrogens is 1. The Morgan fingerprint density at radius 2 is 1.92 bits per heavy atom. The molecular formula is C27H34N4O5. The first-order chi connectivity index (χ1) is 17.3. The maximum atomic E-state index is 13.4. The van der Waals surface area contributed by atoms with Gasteiger partial charge in [0.1, 0.15) is 18.1 Å². The summed E-state index contributed by atoms with van der Waals surface area (Å²) in [4.78, 5) is 46.7. The van der Waals surface area contributed by atoms with E-state index < -0.39 is 0 Å². The van der Waals surface area contributed by atoms with Crippen LogP contribution in [0.25, 0.3) is 0 Å². The summed E-state index contributed by atoms with van der Waals surface area (Å²) in [5.74, 6) is -0.0625. The van der Waals surface area contributed by atoms with Gasteiger partial charge >= 0.3 is 0 Å². The van der Waals surface area contributed by atoms with Gasteiger partial charge in [0.2, 0.25) is 5.91 Å². The molecule has 9 nitrogen and oxygen atoms in total. The highest BCUT2D eigenvalue weighted by Crippen LogP contribution is 2.31. The molecule has 2 heterocycles. The number of carbonyl (C=O) groups excluding carboxylic acids is 3. The van der Waals surface area contributed by atoms with E-state index in [0.717, 1.165) is 12.8 Å². The van der Waals surface area contributed by atoms with E-state index >= 15 is 0 Å². The Kier molecular flexibility index (Phi) is 7.88. The Labute approximate surface area is 211 Å². The molecule has 1 aliphatic carbocycles. The number of nitrogens with zero attached hydrogens (tertiary/aromatic N) is 3. The van der Waals surface area contributed by atoms with Gasteiger partial charge in [-0.1, -0.05) is 13.0 Å². The molecule has 0 radical (unpaired) electrons. The predicted molar refractivity (Wildman–Crippen MR) is 135 cm³/mol.